The van der Waals surface area contributed by atoms with Crippen LogP contribution >= 0.6 is 0 Å². The molecule has 0 spiro atoms. The zero-order chi connectivity index (χ0) is 20.3. The van der Waals surface area contributed by atoms with Crippen molar-refractivity contribution in [2.24, 2.45) is 0 Å². The molecule has 3 heterocycles. The van der Waals surface area contributed by atoms with Gasteiger partial charge in [-0.15, -0.1) is 0 Å². The summed E-state index contributed by atoms with van der Waals surface area (Å²) in [5.74, 6) is -1.03. The zero-order valence-electron chi connectivity index (χ0n) is 14.9. The first-order valence-electron chi connectivity index (χ1n) is 8.43. The molecule has 0 saturated carbocycles. The highest BCUT2D eigenvalue weighted by Crippen LogP contribution is 2.25. The Hall–Kier alpha value is -2.92. The second-order valence-electron chi connectivity index (χ2n) is 6.15. The molecule has 148 valence electrons. The van der Waals surface area contributed by atoms with Gasteiger partial charge >= 0.3 is 5.97 Å². The van der Waals surface area contributed by atoms with E-state index in [1.54, 1.807) is 18.3 Å². The lowest BCUT2D eigenvalue weighted by Gasteiger charge is -2.10. The lowest BCUT2D eigenvalue weighted by Crippen LogP contribution is -2.46. The third-order valence-corrected chi connectivity index (χ3v) is 4.31. The van der Waals surface area contributed by atoms with Crippen molar-refractivity contribution in [2.75, 3.05) is 19.0 Å². The Morgan fingerprint density at radius 2 is 2.07 bits per heavy atom. The average Bonchev–Trinajstić information content (AvgIpc) is 3.02. The minimum atomic E-state index is -1.25. The van der Waals surface area contributed by atoms with Gasteiger partial charge in [0.2, 0.25) is 0 Å². The fraction of sp³-hybridized carbons (Fsp3) is 0.333. The number of nitrogens with zero attached hydrogens (tertiary/aromatic N) is 2. The van der Waals surface area contributed by atoms with Crippen molar-refractivity contribution in [1.82, 2.24) is 4.98 Å². The number of aliphatic hydroxyl groups is 3. The number of ether oxygens (including phenoxy) is 2. The van der Waals surface area contributed by atoms with E-state index in [0.717, 1.165) is 0 Å². The number of aliphatic hydroxyl groups excluding tert-OH is 3. The van der Waals surface area contributed by atoms with Gasteiger partial charge in [-0.25, -0.2) is 9.78 Å². The van der Waals surface area contributed by atoms with Crippen LogP contribution < -0.4 is 9.88 Å². The van der Waals surface area contributed by atoms with E-state index in [1.807, 2.05) is 0 Å². The summed E-state index contributed by atoms with van der Waals surface area (Å²) >= 11 is 0. The maximum absolute atomic E-state index is 12.5. The average molecular weight is 390 g/mol. The van der Waals surface area contributed by atoms with Crippen LogP contribution in [0.3, 0.4) is 0 Å². The summed E-state index contributed by atoms with van der Waals surface area (Å²) in [4.78, 5) is 27.8. The number of carbonyl (C=O) groups excluding carboxylic acids is 2. The van der Waals surface area contributed by atoms with Crippen molar-refractivity contribution < 1.29 is 38.9 Å². The number of aromatic nitrogens is 2. The van der Waals surface area contributed by atoms with Gasteiger partial charge in [0, 0.05) is 6.07 Å². The first-order valence-corrected chi connectivity index (χ1v) is 8.43. The lowest BCUT2D eigenvalue weighted by atomic mass is 10.1. The smallest absolute Gasteiger partial charge is 0.356 e. The van der Waals surface area contributed by atoms with Gasteiger partial charge in [-0.1, -0.05) is 0 Å². The Balaban J connectivity index is 1.73. The minimum absolute atomic E-state index is 0.113. The monoisotopic (exact) mass is 390 g/mol. The summed E-state index contributed by atoms with van der Waals surface area (Å²) in [6, 6.07) is 6.08. The highest BCUT2D eigenvalue weighted by Gasteiger charge is 2.48. The molecule has 28 heavy (non-hydrogen) atoms. The molecule has 2 unspecified atom stereocenters. The van der Waals surface area contributed by atoms with Crippen molar-refractivity contribution in [3.05, 3.63) is 54.1 Å². The molecule has 10 nitrogen and oxygen atoms in total. The van der Waals surface area contributed by atoms with Crippen LogP contribution in [0.5, 0.6) is 0 Å². The number of carbonyl (C=O) groups is 2. The van der Waals surface area contributed by atoms with E-state index in [0.29, 0.717) is 5.69 Å². The van der Waals surface area contributed by atoms with Gasteiger partial charge in [0.25, 0.3) is 12.1 Å². The van der Waals surface area contributed by atoms with Crippen molar-refractivity contribution >= 4 is 17.6 Å². The molecule has 1 aliphatic heterocycles. The number of amides is 1. The van der Waals surface area contributed by atoms with Gasteiger partial charge < -0.3 is 30.1 Å². The van der Waals surface area contributed by atoms with Crippen LogP contribution in [0.25, 0.3) is 0 Å². The first kappa shape index (κ1) is 19.8. The molecule has 4 atom stereocenters. The van der Waals surface area contributed by atoms with E-state index in [2.05, 4.69) is 15.0 Å². The fourth-order valence-corrected chi connectivity index (χ4v) is 2.81. The Labute approximate surface area is 160 Å². The SMILES string of the molecule is COC(=O)c1ccc(NC(=O)c2ccc[n+](C3OC(CO)[C@@H](O)[C@H]3O)c2)cn1. The van der Waals surface area contributed by atoms with E-state index in [-0.39, 0.29) is 11.3 Å². The van der Waals surface area contributed by atoms with E-state index >= 15 is 0 Å². The Kier molecular flexibility index (Phi) is 5.95. The second-order valence-corrected chi connectivity index (χ2v) is 6.15. The summed E-state index contributed by atoms with van der Waals surface area (Å²) in [7, 11) is 1.25. The van der Waals surface area contributed by atoms with Crippen LogP contribution in [-0.2, 0) is 9.47 Å². The molecule has 0 aliphatic carbocycles. The predicted octanol–water partition coefficient (Wildman–Crippen LogP) is -0.981. The first-order chi connectivity index (χ1) is 13.4. The van der Waals surface area contributed by atoms with Crippen molar-refractivity contribution in [1.29, 1.82) is 0 Å². The van der Waals surface area contributed by atoms with Crippen LogP contribution in [0.2, 0.25) is 0 Å². The zero-order valence-corrected chi connectivity index (χ0v) is 14.9. The number of pyridine rings is 2. The molecule has 4 N–H and O–H groups in total. The highest BCUT2D eigenvalue weighted by molar-refractivity contribution is 6.03. The molecule has 2 aromatic heterocycles. The van der Waals surface area contributed by atoms with Crippen molar-refractivity contribution in [2.45, 2.75) is 24.5 Å². The number of hydrogen-bond donors (Lipinski definition) is 4. The van der Waals surface area contributed by atoms with Gasteiger partial charge in [-0.3, -0.25) is 4.79 Å². The minimum Gasteiger partial charge on any atom is -0.464 e. The van der Waals surface area contributed by atoms with E-state index in [4.69, 9.17) is 4.74 Å². The molecule has 1 amide bonds. The third kappa shape index (κ3) is 3.99. The summed E-state index contributed by atoms with van der Waals surface area (Å²) in [6.45, 7) is -0.440. The molecule has 1 saturated heterocycles. The van der Waals surface area contributed by atoms with Crippen LogP contribution in [0.4, 0.5) is 5.69 Å². The van der Waals surface area contributed by atoms with Crippen LogP contribution in [0.1, 0.15) is 27.1 Å². The second kappa shape index (κ2) is 8.40. The quantitative estimate of drug-likeness (QED) is 0.377. The number of nitrogens with one attached hydrogen (secondary N) is 1. The van der Waals surface area contributed by atoms with Crippen LogP contribution in [-0.4, -0.2) is 64.2 Å². The number of anilines is 1. The molecule has 1 aliphatic rings. The van der Waals surface area contributed by atoms with Crippen LogP contribution in [0.15, 0.2) is 42.9 Å². The number of methoxy groups -OCH3 is 1. The van der Waals surface area contributed by atoms with E-state index in [9.17, 15) is 24.9 Å². The maximum Gasteiger partial charge on any atom is 0.356 e. The van der Waals surface area contributed by atoms with Gasteiger partial charge in [-0.05, 0) is 18.2 Å². The van der Waals surface area contributed by atoms with Gasteiger partial charge in [0.05, 0.1) is 25.6 Å². The molecule has 1 fully saturated rings. The summed E-state index contributed by atoms with van der Waals surface area (Å²) < 4.78 is 11.5. The molecular weight excluding hydrogens is 370 g/mol. The van der Waals surface area contributed by atoms with Crippen LogP contribution in [0, 0.1) is 0 Å². The lowest BCUT2D eigenvalue weighted by molar-refractivity contribution is -0.765. The normalized spacial score (nSPS) is 24.0. The molecule has 0 aromatic carbocycles. The predicted molar refractivity (Wildman–Crippen MR) is 93.2 cm³/mol. The highest BCUT2D eigenvalue weighted by atomic mass is 16.6. The number of esters is 1. The molecule has 10 heteroatoms. The van der Waals surface area contributed by atoms with E-state index < -0.39 is 43.0 Å². The van der Waals surface area contributed by atoms with Crippen molar-refractivity contribution in [3.8, 4) is 0 Å². The molecule has 0 radical (unpaired) electrons. The van der Waals surface area contributed by atoms with Crippen molar-refractivity contribution in [3.63, 3.8) is 0 Å². The van der Waals surface area contributed by atoms with Gasteiger partial charge in [-0.2, -0.15) is 4.57 Å². The largest absolute Gasteiger partial charge is 0.464 e. The molecule has 3 rings (SSSR count). The standard InChI is InChI=1S/C18H19N3O7/c1-27-18(26)12-5-4-11(7-19-12)20-16(25)10-3-2-6-21(8-10)17-15(24)14(23)13(9-22)28-17/h2-8,13-15,17,22-24H,9H2,1H3/p+1/t13?,14-,15-,17?/m1/s1. The summed E-state index contributed by atoms with van der Waals surface area (Å²) in [6.07, 6.45) is 0.00314. The number of rotatable bonds is 5. The molecule has 0 bridgehead atoms. The number of hydrogen-bond acceptors (Lipinski definition) is 8. The molecular formula is C18H20N3O7+. The third-order valence-electron chi connectivity index (χ3n) is 4.31. The molecule has 2 aromatic rings. The topological polar surface area (TPSA) is 142 Å². The fourth-order valence-electron chi connectivity index (χ4n) is 2.81. The summed E-state index contributed by atoms with van der Waals surface area (Å²) in [5.41, 5.74) is 0.751. The van der Waals surface area contributed by atoms with Gasteiger partial charge in [0.15, 0.2) is 18.5 Å². The Morgan fingerprint density at radius 3 is 2.68 bits per heavy atom. The van der Waals surface area contributed by atoms with E-state index in [1.165, 1.54) is 36.2 Å². The maximum atomic E-state index is 12.5. The summed E-state index contributed by atoms with van der Waals surface area (Å²) in [5, 5.41) is 31.8. The Morgan fingerprint density at radius 1 is 1.29 bits per heavy atom. The van der Waals surface area contributed by atoms with Gasteiger partial charge in [0.1, 0.15) is 23.5 Å². The Bertz CT molecular complexity index is 859.